The fourth-order valence-electron chi connectivity index (χ4n) is 2.38. The molecule has 1 aromatic heterocycles. The molecule has 116 valence electrons. The van der Waals surface area contributed by atoms with Gasteiger partial charge in [0.25, 0.3) is 0 Å². The third-order valence-corrected chi connectivity index (χ3v) is 3.74. The Morgan fingerprint density at radius 2 is 2.00 bits per heavy atom. The Kier molecular flexibility index (Phi) is 4.95. The Morgan fingerprint density at radius 1 is 1.33 bits per heavy atom. The summed E-state index contributed by atoms with van der Waals surface area (Å²) < 4.78 is 4.98. The number of likely N-dealkylation sites (N-methyl/N-ethyl adjacent to an activating group) is 1. The van der Waals surface area contributed by atoms with Crippen LogP contribution in [-0.4, -0.2) is 66.0 Å². The van der Waals surface area contributed by atoms with E-state index < -0.39 is 0 Å². The highest BCUT2D eigenvalue weighted by Crippen LogP contribution is 2.14. The molecular formula is C14H22N4O3. The average Bonchev–Trinajstić information content (AvgIpc) is 2.90. The molecule has 2 rings (SSSR count). The van der Waals surface area contributed by atoms with Gasteiger partial charge < -0.3 is 14.3 Å². The van der Waals surface area contributed by atoms with Crippen molar-refractivity contribution in [1.29, 1.82) is 0 Å². The summed E-state index contributed by atoms with van der Waals surface area (Å²) in [6, 6.07) is 1.66. The second-order valence-corrected chi connectivity index (χ2v) is 5.22. The Labute approximate surface area is 124 Å². The van der Waals surface area contributed by atoms with Crippen molar-refractivity contribution < 1.29 is 14.1 Å². The van der Waals surface area contributed by atoms with Crippen LogP contribution in [0.4, 0.5) is 5.82 Å². The minimum Gasteiger partial charge on any atom is -0.360 e. The molecule has 0 unspecified atom stereocenters. The molecule has 0 bridgehead atoms. The van der Waals surface area contributed by atoms with Crippen LogP contribution in [0.1, 0.15) is 19.6 Å². The van der Waals surface area contributed by atoms with Crippen LogP contribution >= 0.6 is 0 Å². The number of aryl methyl sites for hydroxylation is 1. The van der Waals surface area contributed by atoms with E-state index in [1.807, 2.05) is 0 Å². The van der Waals surface area contributed by atoms with Crippen molar-refractivity contribution in [2.45, 2.75) is 20.8 Å². The number of rotatable bonds is 4. The summed E-state index contributed by atoms with van der Waals surface area (Å²) >= 11 is 0. The summed E-state index contributed by atoms with van der Waals surface area (Å²) in [6.45, 7) is 9.46. The highest BCUT2D eigenvalue weighted by Gasteiger charge is 2.25. The van der Waals surface area contributed by atoms with E-state index in [-0.39, 0.29) is 18.4 Å². The van der Waals surface area contributed by atoms with E-state index in [0.29, 0.717) is 24.7 Å². The predicted octanol–water partition coefficient (Wildman–Crippen LogP) is 0.500. The second kappa shape index (κ2) is 6.71. The molecule has 0 radical (unpaired) electrons. The molecule has 0 atom stereocenters. The van der Waals surface area contributed by atoms with Crippen LogP contribution in [0, 0.1) is 6.92 Å². The lowest BCUT2D eigenvalue weighted by atomic mass is 10.3. The van der Waals surface area contributed by atoms with Crippen molar-refractivity contribution in [1.82, 2.24) is 15.0 Å². The summed E-state index contributed by atoms with van der Waals surface area (Å²) in [5, 5.41) is 3.81. The van der Waals surface area contributed by atoms with Gasteiger partial charge in [-0.3, -0.25) is 14.5 Å². The minimum absolute atomic E-state index is 0.00737. The van der Waals surface area contributed by atoms with Gasteiger partial charge in [-0.2, -0.15) is 0 Å². The van der Waals surface area contributed by atoms with Gasteiger partial charge in [0, 0.05) is 39.2 Å². The van der Waals surface area contributed by atoms with Gasteiger partial charge in [-0.15, -0.1) is 0 Å². The molecule has 2 amide bonds. The van der Waals surface area contributed by atoms with Crippen molar-refractivity contribution in [2.75, 3.05) is 44.2 Å². The number of anilines is 1. The third kappa shape index (κ3) is 3.81. The molecule has 2 heterocycles. The zero-order valence-electron chi connectivity index (χ0n) is 12.8. The SMILES string of the molecule is CCN1CCN(C(=O)CN(C(C)=O)c2cc(C)on2)CC1. The summed E-state index contributed by atoms with van der Waals surface area (Å²) in [4.78, 5) is 29.5. The highest BCUT2D eigenvalue weighted by molar-refractivity contribution is 5.96. The fraction of sp³-hybridized carbons (Fsp3) is 0.643. The molecule has 1 aliphatic rings. The first kappa shape index (κ1) is 15.5. The zero-order chi connectivity index (χ0) is 15.4. The molecule has 0 aromatic carbocycles. The van der Waals surface area contributed by atoms with Crippen molar-refractivity contribution in [3.8, 4) is 0 Å². The van der Waals surface area contributed by atoms with Crippen molar-refractivity contribution in [3.05, 3.63) is 11.8 Å². The van der Waals surface area contributed by atoms with Crippen LogP contribution in [0.15, 0.2) is 10.6 Å². The van der Waals surface area contributed by atoms with Gasteiger partial charge in [0.15, 0.2) is 5.82 Å². The number of aromatic nitrogens is 1. The number of carbonyl (C=O) groups is 2. The van der Waals surface area contributed by atoms with Gasteiger partial charge >= 0.3 is 0 Å². The molecule has 7 nitrogen and oxygen atoms in total. The van der Waals surface area contributed by atoms with E-state index >= 15 is 0 Å². The highest BCUT2D eigenvalue weighted by atomic mass is 16.5. The second-order valence-electron chi connectivity index (χ2n) is 5.22. The molecular weight excluding hydrogens is 272 g/mol. The van der Waals surface area contributed by atoms with Gasteiger partial charge in [0.1, 0.15) is 12.3 Å². The first-order valence-corrected chi connectivity index (χ1v) is 7.22. The van der Waals surface area contributed by atoms with Crippen molar-refractivity contribution in [2.24, 2.45) is 0 Å². The largest absolute Gasteiger partial charge is 0.360 e. The standard InChI is InChI=1S/C14H22N4O3/c1-4-16-5-7-17(8-6-16)14(20)10-18(12(3)19)13-9-11(2)21-15-13/h9H,4-8,10H2,1-3H3. The maximum atomic E-state index is 12.3. The monoisotopic (exact) mass is 294 g/mol. The molecule has 0 spiro atoms. The van der Waals surface area contributed by atoms with Crippen LogP contribution in [0.3, 0.4) is 0 Å². The van der Waals surface area contributed by atoms with E-state index in [9.17, 15) is 9.59 Å². The van der Waals surface area contributed by atoms with E-state index in [1.54, 1.807) is 17.9 Å². The molecule has 0 N–H and O–H groups in total. The Morgan fingerprint density at radius 3 is 2.48 bits per heavy atom. The third-order valence-electron chi connectivity index (χ3n) is 3.74. The van der Waals surface area contributed by atoms with Crippen LogP contribution < -0.4 is 4.90 Å². The van der Waals surface area contributed by atoms with Gasteiger partial charge in [0.2, 0.25) is 11.8 Å². The number of amides is 2. The average molecular weight is 294 g/mol. The van der Waals surface area contributed by atoms with E-state index in [4.69, 9.17) is 4.52 Å². The lowest BCUT2D eigenvalue weighted by Gasteiger charge is -2.34. The van der Waals surface area contributed by atoms with Crippen LogP contribution in [0.5, 0.6) is 0 Å². The summed E-state index contributed by atoms with van der Waals surface area (Å²) in [5.74, 6) is 0.728. The zero-order valence-corrected chi connectivity index (χ0v) is 12.8. The predicted molar refractivity (Wildman–Crippen MR) is 78.0 cm³/mol. The Balaban J connectivity index is 1.98. The topological polar surface area (TPSA) is 69.9 Å². The number of carbonyl (C=O) groups excluding carboxylic acids is 2. The van der Waals surface area contributed by atoms with E-state index in [1.165, 1.54) is 11.8 Å². The lowest BCUT2D eigenvalue weighted by molar-refractivity contribution is -0.132. The quantitative estimate of drug-likeness (QED) is 0.809. The van der Waals surface area contributed by atoms with Crippen LogP contribution in [-0.2, 0) is 9.59 Å². The lowest BCUT2D eigenvalue weighted by Crippen LogP contribution is -2.51. The maximum Gasteiger partial charge on any atom is 0.242 e. The molecule has 0 saturated carbocycles. The maximum absolute atomic E-state index is 12.3. The Bertz CT molecular complexity index is 506. The first-order valence-electron chi connectivity index (χ1n) is 7.22. The fourth-order valence-corrected chi connectivity index (χ4v) is 2.38. The molecule has 1 aromatic rings. The molecule has 1 fully saturated rings. The van der Waals surface area contributed by atoms with Crippen molar-refractivity contribution >= 4 is 17.6 Å². The molecule has 1 aliphatic heterocycles. The van der Waals surface area contributed by atoms with Crippen LogP contribution in [0.2, 0.25) is 0 Å². The number of hydrogen-bond acceptors (Lipinski definition) is 5. The summed E-state index contributed by atoms with van der Waals surface area (Å²) in [6.07, 6.45) is 0. The van der Waals surface area contributed by atoms with E-state index in [0.717, 1.165) is 19.6 Å². The van der Waals surface area contributed by atoms with Crippen molar-refractivity contribution in [3.63, 3.8) is 0 Å². The van der Waals surface area contributed by atoms with E-state index in [2.05, 4.69) is 17.0 Å². The normalized spacial score (nSPS) is 16.0. The minimum atomic E-state index is -0.219. The number of piperazine rings is 1. The molecule has 1 saturated heterocycles. The molecule has 7 heteroatoms. The Hall–Kier alpha value is -1.89. The van der Waals surface area contributed by atoms with Gasteiger partial charge in [-0.25, -0.2) is 0 Å². The summed E-state index contributed by atoms with van der Waals surface area (Å²) in [5.41, 5.74) is 0. The molecule has 21 heavy (non-hydrogen) atoms. The smallest absolute Gasteiger partial charge is 0.242 e. The molecule has 0 aliphatic carbocycles. The van der Waals surface area contributed by atoms with Gasteiger partial charge in [-0.05, 0) is 13.5 Å². The summed E-state index contributed by atoms with van der Waals surface area (Å²) in [7, 11) is 0. The number of nitrogens with zero attached hydrogens (tertiary/aromatic N) is 4. The first-order chi connectivity index (χ1) is 10.0. The van der Waals surface area contributed by atoms with Gasteiger partial charge in [0.05, 0.1) is 0 Å². The van der Waals surface area contributed by atoms with Gasteiger partial charge in [-0.1, -0.05) is 12.1 Å². The van der Waals surface area contributed by atoms with Crippen LogP contribution in [0.25, 0.3) is 0 Å². The number of hydrogen-bond donors (Lipinski definition) is 0.